The SMILES string of the molecule is Cn1cnc(S(=O)(=O)N2C[C@H](Nc3ccc(F)c(Cl)c3)[C@@H](c3ncccc3F)C2)c1. The fourth-order valence-corrected chi connectivity index (χ4v) is 5.15. The monoisotopic (exact) mass is 453 g/mol. The first kappa shape index (κ1) is 20.7. The molecule has 0 radical (unpaired) electrons. The van der Waals surface area contributed by atoms with Gasteiger partial charge in [-0.05, 0) is 30.3 Å². The molecule has 1 aliphatic heterocycles. The Morgan fingerprint density at radius 1 is 1.17 bits per heavy atom. The smallest absolute Gasteiger partial charge is 0.262 e. The van der Waals surface area contributed by atoms with Gasteiger partial charge < -0.3 is 9.88 Å². The summed E-state index contributed by atoms with van der Waals surface area (Å²) in [6, 6.07) is 6.33. The summed E-state index contributed by atoms with van der Waals surface area (Å²) in [5.41, 5.74) is 0.645. The molecule has 0 saturated carbocycles. The van der Waals surface area contributed by atoms with Gasteiger partial charge in [0.25, 0.3) is 10.0 Å². The fraction of sp³-hybridized carbons (Fsp3) is 0.263. The summed E-state index contributed by atoms with van der Waals surface area (Å²) in [6.45, 7) is 0.0635. The van der Waals surface area contributed by atoms with E-state index in [1.165, 1.54) is 57.9 Å². The van der Waals surface area contributed by atoms with Crippen molar-refractivity contribution in [2.45, 2.75) is 17.0 Å². The van der Waals surface area contributed by atoms with Crippen LogP contribution in [0.2, 0.25) is 5.02 Å². The number of anilines is 1. The van der Waals surface area contributed by atoms with E-state index in [-0.39, 0.29) is 28.8 Å². The number of hydrogen-bond acceptors (Lipinski definition) is 5. The second-order valence-electron chi connectivity index (χ2n) is 7.06. The van der Waals surface area contributed by atoms with E-state index in [1.807, 2.05) is 0 Å². The number of pyridine rings is 1. The molecule has 158 valence electrons. The zero-order valence-corrected chi connectivity index (χ0v) is 17.4. The molecule has 2 aromatic heterocycles. The Hall–Kier alpha value is -2.56. The highest BCUT2D eigenvalue weighted by Crippen LogP contribution is 2.34. The van der Waals surface area contributed by atoms with Gasteiger partial charge in [-0.25, -0.2) is 22.2 Å². The van der Waals surface area contributed by atoms with Crippen LogP contribution in [0.25, 0.3) is 0 Å². The van der Waals surface area contributed by atoms with Crippen molar-refractivity contribution < 1.29 is 17.2 Å². The average molecular weight is 454 g/mol. The number of halogens is 3. The summed E-state index contributed by atoms with van der Waals surface area (Å²) in [5.74, 6) is -1.67. The Bertz CT molecular complexity index is 1190. The topological polar surface area (TPSA) is 80.1 Å². The molecule has 1 aliphatic rings. The first-order valence-electron chi connectivity index (χ1n) is 9.06. The average Bonchev–Trinajstić information content (AvgIpc) is 3.32. The van der Waals surface area contributed by atoms with Gasteiger partial charge in [-0.3, -0.25) is 4.98 Å². The summed E-state index contributed by atoms with van der Waals surface area (Å²) in [4.78, 5) is 8.08. The number of nitrogens with one attached hydrogen (secondary N) is 1. The lowest BCUT2D eigenvalue weighted by Gasteiger charge is -2.21. The minimum Gasteiger partial charge on any atom is -0.380 e. The highest BCUT2D eigenvalue weighted by Gasteiger charge is 2.42. The van der Waals surface area contributed by atoms with Crippen LogP contribution >= 0.6 is 11.6 Å². The molecular weight excluding hydrogens is 436 g/mol. The molecule has 0 unspecified atom stereocenters. The standard InChI is InChI=1S/C19H18ClF2N5O2S/c1-26-10-18(24-11-26)30(28,29)27-8-13(19-16(22)3-2-6-23-19)17(9-27)25-12-4-5-15(21)14(20)7-12/h2-7,10-11,13,17,25H,8-9H2,1H3/t13-,17-/m0/s1. The molecule has 0 amide bonds. The number of rotatable bonds is 5. The number of benzene rings is 1. The van der Waals surface area contributed by atoms with Crippen molar-refractivity contribution >= 4 is 27.3 Å². The van der Waals surface area contributed by atoms with Crippen LogP contribution in [0.1, 0.15) is 11.6 Å². The summed E-state index contributed by atoms with van der Waals surface area (Å²) >= 11 is 5.86. The van der Waals surface area contributed by atoms with E-state index in [2.05, 4.69) is 15.3 Å². The molecule has 0 bridgehead atoms. The van der Waals surface area contributed by atoms with Gasteiger partial charge in [-0.2, -0.15) is 4.31 Å². The minimum absolute atomic E-state index is 0.0133. The molecular formula is C19H18ClF2N5O2S. The zero-order chi connectivity index (χ0) is 21.5. The summed E-state index contributed by atoms with van der Waals surface area (Å²) in [5, 5.41) is 2.99. The largest absolute Gasteiger partial charge is 0.380 e. The molecule has 7 nitrogen and oxygen atoms in total. The number of aryl methyl sites for hydroxylation is 1. The van der Waals surface area contributed by atoms with Crippen LogP contribution in [0, 0.1) is 11.6 Å². The third kappa shape index (κ3) is 3.90. The van der Waals surface area contributed by atoms with Gasteiger partial charge in [0.05, 0.1) is 17.0 Å². The lowest BCUT2D eigenvalue weighted by molar-refractivity contribution is 0.466. The Balaban J connectivity index is 1.68. The molecule has 1 aromatic carbocycles. The maximum Gasteiger partial charge on any atom is 0.262 e. The third-order valence-electron chi connectivity index (χ3n) is 4.98. The normalized spacial score (nSPS) is 19.9. The van der Waals surface area contributed by atoms with E-state index in [4.69, 9.17) is 11.6 Å². The summed E-state index contributed by atoms with van der Waals surface area (Å²) in [7, 11) is -2.22. The van der Waals surface area contributed by atoms with Gasteiger partial charge in [0, 0.05) is 50.2 Å². The number of hydrogen-bond donors (Lipinski definition) is 1. The van der Waals surface area contributed by atoms with Gasteiger partial charge >= 0.3 is 0 Å². The lowest BCUT2D eigenvalue weighted by atomic mass is 9.98. The second-order valence-corrected chi connectivity index (χ2v) is 9.35. The molecule has 3 heterocycles. The highest BCUT2D eigenvalue weighted by molar-refractivity contribution is 7.89. The predicted octanol–water partition coefficient (Wildman–Crippen LogP) is 3.02. The molecule has 3 aromatic rings. The summed E-state index contributed by atoms with van der Waals surface area (Å²) < 4.78 is 56.8. The van der Waals surface area contributed by atoms with Crippen molar-refractivity contribution in [3.63, 3.8) is 0 Å². The molecule has 0 aliphatic carbocycles. The van der Waals surface area contributed by atoms with Crippen molar-refractivity contribution in [3.8, 4) is 0 Å². The number of imidazole rings is 1. The van der Waals surface area contributed by atoms with Gasteiger partial charge in [0.15, 0.2) is 5.03 Å². The van der Waals surface area contributed by atoms with Crippen LogP contribution < -0.4 is 5.32 Å². The Kier molecular flexibility index (Phi) is 5.48. The molecule has 1 N–H and O–H groups in total. The Labute approximate surface area is 177 Å². The second kappa shape index (κ2) is 7.93. The molecule has 30 heavy (non-hydrogen) atoms. The molecule has 0 spiro atoms. The zero-order valence-electron chi connectivity index (χ0n) is 15.8. The third-order valence-corrected chi connectivity index (χ3v) is 6.99. The van der Waals surface area contributed by atoms with Crippen LogP contribution in [0.4, 0.5) is 14.5 Å². The van der Waals surface area contributed by atoms with Crippen molar-refractivity contribution in [2.75, 3.05) is 18.4 Å². The van der Waals surface area contributed by atoms with Crippen molar-refractivity contribution in [3.05, 3.63) is 71.4 Å². The summed E-state index contributed by atoms with van der Waals surface area (Å²) in [6.07, 6.45) is 4.27. The van der Waals surface area contributed by atoms with E-state index in [1.54, 1.807) is 7.05 Å². The van der Waals surface area contributed by atoms with Crippen molar-refractivity contribution in [1.82, 2.24) is 18.8 Å². The van der Waals surface area contributed by atoms with Crippen LogP contribution in [0.5, 0.6) is 0 Å². The quantitative estimate of drug-likeness (QED) is 0.642. The highest BCUT2D eigenvalue weighted by atomic mass is 35.5. The van der Waals surface area contributed by atoms with Crippen LogP contribution in [-0.2, 0) is 17.1 Å². The van der Waals surface area contributed by atoms with Gasteiger partial charge in [0.2, 0.25) is 0 Å². The number of nitrogens with zero attached hydrogens (tertiary/aromatic N) is 4. The van der Waals surface area contributed by atoms with Crippen LogP contribution in [0.15, 0.2) is 54.1 Å². The first-order chi connectivity index (χ1) is 14.3. The van der Waals surface area contributed by atoms with E-state index < -0.39 is 33.6 Å². The molecule has 4 rings (SSSR count). The van der Waals surface area contributed by atoms with Crippen LogP contribution in [0.3, 0.4) is 0 Å². The van der Waals surface area contributed by atoms with Gasteiger partial charge in [0.1, 0.15) is 11.6 Å². The minimum atomic E-state index is -3.89. The van der Waals surface area contributed by atoms with E-state index >= 15 is 0 Å². The lowest BCUT2D eigenvalue weighted by Crippen LogP contribution is -2.32. The molecule has 1 fully saturated rings. The van der Waals surface area contributed by atoms with Crippen molar-refractivity contribution in [1.29, 1.82) is 0 Å². The van der Waals surface area contributed by atoms with Gasteiger partial charge in [-0.15, -0.1) is 0 Å². The Morgan fingerprint density at radius 3 is 2.63 bits per heavy atom. The predicted molar refractivity (Wildman–Crippen MR) is 108 cm³/mol. The maximum absolute atomic E-state index is 14.5. The van der Waals surface area contributed by atoms with E-state index in [9.17, 15) is 17.2 Å². The van der Waals surface area contributed by atoms with E-state index in [0.29, 0.717) is 5.69 Å². The molecule has 11 heteroatoms. The number of sulfonamides is 1. The fourth-order valence-electron chi connectivity index (χ4n) is 3.51. The van der Waals surface area contributed by atoms with Crippen molar-refractivity contribution in [2.24, 2.45) is 7.05 Å². The Morgan fingerprint density at radius 2 is 1.97 bits per heavy atom. The first-order valence-corrected chi connectivity index (χ1v) is 10.9. The molecule has 1 saturated heterocycles. The van der Waals surface area contributed by atoms with E-state index in [0.717, 1.165) is 0 Å². The van der Waals surface area contributed by atoms with Gasteiger partial charge in [-0.1, -0.05) is 11.6 Å². The maximum atomic E-state index is 14.5. The van der Waals surface area contributed by atoms with Crippen LogP contribution in [-0.4, -0.2) is 46.4 Å². The number of aromatic nitrogens is 3. The molecule has 2 atom stereocenters.